The van der Waals surface area contributed by atoms with E-state index in [1.54, 1.807) is 41.1 Å². The summed E-state index contributed by atoms with van der Waals surface area (Å²) in [6.45, 7) is 5.52. The molecule has 0 atom stereocenters. The van der Waals surface area contributed by atoms with Crippen LogP contribution in [0.1, 0.15) is 43.1 Å². The number of Topliss-reactive ketones (excluding diaryl/α,β-unsaturated/α-hetero) is 1. The van der Waals surface area contributed by atoms with Gasteiger partial charge in [0.1, 0.15) is 5.78 Å². The van der Waals surface area contributed by atoms with Crippen molar-refractivity contribution < 1.29 is 14.3 Å². The fourth-order valence-electron chi connectivity index (χ4n) is 3.80. The Labute approximate surface area is 214 Å². The summed E-state index contributed by atoms with van der Waals surface area (Å²) in [6.07, 6.45) is 0.267. The number of rotatable bonds is 7. The highest BCUT2D eigenvalue weighted by molar-refractivity contribution is 6.30. The van der Waals surface area contributed by atoms with Gasteiger partial charge in [0.25, 0.3) is 5.56 Å². The molecule has 36 heavy (non-hydrogen) atoms. The van der Waals surface area contributed by atoms with Crippen molar-refractivity contribution in [2.45, 2.75) is 33.6 Å². The van der Waals surface area contributed by atoms with Crippen LogP contribution in [0.3, 0.4) is 0 Å². The maximum atomic E-state index is 13.8. The Hall–Kier alpha value is -3.90. The minimum Gasteiger partial charge on any atom is -0.403 e. The predicted molar refractivity (Wildman–Crippen MR) is 141 cm³/mol. The number of halogens is 1. The molecule has 0 aliphatic heterocycles. The highest BCUT2D eigenvalue weighted by Gasteiger charge is 2.28. The molecule has 4 rings (SSSR count). The van der Waals surface area contributed by atoms with Gasteiger partial charge in [-0.05, 0) is 55.0 Å². The first-order chi connectivity index (χ1) is 17.2. The maximum absolute atomic E-state index is 13.8. The first-order valence-corrected chi connectivity index (χ1v) is 12.0. The smallest absolute Gasteiger partial charge is 0.344 e. The largest absolute Gasteiger partial charge is 0.403 e. The number of ether oxygens (including phenoxy) is 1. The SMILES string of the molecule is CC(C)(C)C(=O)CCc1c(OC(=O)c2ccc(Cl)cc2)n(-c2ccccc2)n(-c2ccccc2)c1=O. The second kappa shape index (κ2) is 10.4. The zero-order valence-electron chi connectivity index (χ0n) is 20.4. The summed E-state index contributed by atoms with van der Waals surface area (Å²) in [5.74, 6) is -0.544. The second-order valence-electron chi connectivity index (χ2n) is 9.45. The van der Waals surface area contributed by atoms with Crippen molar-refractivity contribution in [1.82, 2.24) is 9.36 Å². The summed E-state index contributed by atoms with van der Waals surface area (Å²) in [4.78, 5) is 39.7. The maximum Gasteiger partial charge on any atom is 0.344 e. The van der Waals surface area contributed by atoms with E-state index in [2.05, 4.69) is 0 Å². The number of esters is 1. The van der Waals surface area contributed by atoms with Crippen LogP contribution in [-0.2, 0) is 11.2 Å². The molecule has 0 amide bonds. The van der Waals surface area contributed by atoms with Crippen molar-refractivity contribution in [2.24, 2.45) is 5.41 Å². The molecule has 0 fully saturated rings. The third-order valence-corrected chi connectivity index (χ3v) is 6.06. The van der Waals surface area contributed by atoms with Gasteiger partial charge in [0.15, 0.2) is 0 Å². The van der Waals surface area contributed by atoms with Gasteiger partial charge in [-0.3, -0.25) is 9.59 Å². The van der Waals surface area contributed by atoms with E-state index >= 15 is 0 Å². The third-order valence-electron chi connectivity index (χ3n) is 5.81. The van der Waals surface area contributed by atoms with Crippen LogP contribution in [-0.4, -0.2) is 21.1 Å². The molecular formula is C29H27ClN2O4. The van der Waals surface area contributed by atoms with Crippen LogP contribution < -0.4 is 10.3 Å². The number of hydrogen-bond acceptors (Lipinski definition) is 4. The second-order valence-corrected chi connectivity index (χ2v) is 9.89. The quantitative estimate of drug-likeness (QED) is 0.288. The van der Waals surface area contributed by atoms with E-state index in [0.717, 1.165) is 0 Å². The van der Waals surface area contributed by atoms with E-state index in [1.807, 2.05) is 69.3 Å². The number of aromatic nitrogens is 2. The Kier molecular flexibility index (Phi) is 7.27. The molecule has 0 aliphatic rings. The highest BCUT2D eigenvalue weighted by Crippen LogP contribution is 2.28. The number of carbonyl (C=O) groups excluding carboxylic acids is 2. The average Bonchev–Trinajstić information content (AvgIpc) is 3.14. The molecule has 7 heteroatoms. The number of benzene rings is 3. The Morgan fingerprint density at radius 3 is 1.86 bits per heavy atom. The molecule has 6 nitrogen and oxygen atoms in total. The van der Waals surface area contributed by atoms with Gasteiger partial charge < -0.3 is 4.74 Å². The molecule has 184 valence electrons. The van der Waals surface area contributed by atoms with Gasteiger partial charge in [-0.25, -0.2) is 14.2 Å². The van der Waals surface area contributed by atoms with Crippen LogP contribution in [0, 0.1) is 5.41 Å². The molecule has 4 aromatic rings. The van der Waals surface area contributed by atoms with Crippen LogP contribution in [0.4, 0.5) is 0 Å². The lowest BCUT2D eigenvalue weighted by Gasteiger charge is -2.16. The van der Waals surface area contributed by atoms with Crippen molar-refractivity contribution in [2.75, 3.05) is 0 Å². The van der Waals surface area contributed by atoms with Gasteiger partial charge in [-0.15, -0.1) is 0 Å². The van der Waals surface area contributed by atoms with Gasteiger partial charge in [0, 0.05) is 16.9 Å². The number of para-hydroxylation sites is 2. The molecule has 0 N–H and O–H groups in total. The van der Waals surface area contributed by atoms with E-state index in [1.165, 1.54) is 4.68 Å². The zero-order chi connectivity index (χ0) is 25.9. The molecule has 1 aromatic heterocycles. The predicted octanol–water partition coefficient (Wildman–Crippen LogP) is 6.05. The Morgan fingerprint density at radius 1 is 0.806 bits per heavy atom. The van der Waals surface area contributed by atoms with E-state index in [-0.39, 0.29) is 41.2 Å². The standard InChI is InChI=1S/C29H27ClN2O4/c1-29(2,3)25(33)19-18-24-26(34)31(22-10-6-4-7-11-22)32(23-12-8-5-9-13-23)27(24)36-28(35)20-14-16-21(30)17-15-20/h4-17H,18-19H2,1-3H3. The van der Waals surface area contributed by atoms with Crippen LogP contribution >= 0.6 is 11.6 Å². The van der Waals surface area contributed by atoms with Gasteiger partial charge in [-0.1, -0.05) is 68.8 Å². The lowest BCUT2D eigenvalue weighted by atomic mass is 9.87. The normalized spacial score (nSPS) is 11.3. The Bertz CT molecular complexity index is 1430. The average molecular weight is 503 g/mol. The summed E-state index contributed by atoms with van der Waals surface area (Å²) in [7, 11) is 0. The molecule has 0 spiro atoms. The van der Waals surface area contributed by atoms with Crippen molar-refractivity contribution in [3.05, 3.63) is 111 Å². The van der Waals surface area contributed by atoms with E-state index < -0.39 is 11.4 Å². The fraction of sp³-hybridized carbons (Fsp3) is 0.207. The van der Waals surface area contributed by atoms with Gasteiger partial charge in [0.2, 0.25) is 5.88 Å². The zero-order valence-corrected chi connectivity index (χ0v) is 21.2. The van der Waals surface area contributed by atoms with Crippen molar-refractivity contribution in [1.29, 1.82) is 0 Å². The first kappa shape index (κ1) is 25.2. The van der Waals surface area contributed by atoms with Gasteiger partial charge in [-0.2, -0.15) is 0 Å². The number of nitrogens with zero attached hydrogens (tertiary/aromatic N) is 2. The van der Waals surface area contributed by atoms with Crippen LogP contribution in [0.2, 0.25) is 5.02 Å². The van der Waals surface area contributed by atoms with Gasteiger partial charge in [0.05, 0.1) is 22.5 Å². The lowest BCUT2D eigenvalue weighted by Crippen LogP contribution is -2.23. The van der Waals surface area contributed by atoms with Crippen molar-refractivity contribution in [3.8, 4) is 17.3 Å². The molecule has 0 saturated carbocycles. The third kappa shape index (κ3) is 5.34. The monoisotopic (exact) mass is 502 g/mol. The minimum absolute atomic E-state index is 0.00981. The van der Waals surface area contributed by atoms with E-state index in [4.69, 9.17) is 16.3 Å². The fourth-order valence-corrected chi connectivity index (χ4v) is 3.92. The molecule has 3 aromatic carbocycles. The van der Waals surface area contributed by atoms with Crippen LogP contribution in [0.5, 0.6) is 5.88 Å². The number of carbonyl (C=O) groups is 2. The summed E-state index contributed by atoms with van der Waals surface area (Å²) < 4.78 is 8.96. The van der Waals surface area contributed by atoms with Crippen molar-refractivity contribution >= 4 is 23.4 Å². The summed E-state index contributed by atoms with van der Waals surface area (Å²) in [5, 5.41) is 0.490. The minimum atomic E-state index is -0.634. The number of ketones is 1. The molecule has 1 heterocycles. The lowest BCUT2D eigenvalue weighted by molar-refractivity contribution is -0.126. The highest BCUT2D eigenvalue weighted by atomic mass is 35.5. The van der Waals surface area contributed by atoms with Crippen molar-refractivity contribution in [3.63, 3.8) is 0 Å². The molecule has 0 bridgehead atoms. The molecule has 0 unspecified atom stereocenters. The van der Waals surface area contributed by atoms with E-state index in [9.17, 15) is 14.4 Å². The van der Waals surface area contributed by atoms with Gasteiger partial charge >= 0.3 is 5.97 Å². The van der Waals surface area contributed by atoms with Crippen LogP contribution in [0.25, 0.3) is 11.4 Å². The summed E-state index contributed by atoms with van der Waals surface area (Å²) in [5.41, 5.74) is 0.860. The van der Waals surface area contributed by atoms with Crippen LogP contribution in [0.15, 0.2) is 89.7 Å². The molecule has 0 saturated heterocycles. The number of hydrogen-bond donors (Lipinski definition) is 0. The molecule has 0 radical (unpaired) electrons. The molecular weight excluding hydrogens is 476 g/mol. The molecule has 0 aliphatic carbocycles. The topological polar surface area (TPSA) is 70.3 Å². The van der Waals surface area contributed by atoms with E-state index in [0.29, 0.717) is 16.4 Å². The summed E-state index contributed by atoms with van der Waals surface area (Å²) >= 11 is 5.97. The first-order valence-electron chi connectivity index (χ1n) is 11.7. The Morgan fingerprint density at radius 2 is 1.33 bits per heavy atom. The Balaban J connectivity index is 1.91. The summed E-state index contributed by atoms with van der Waals surface area (Å²) in [6, 6.07) is 24.6.